The van der Waals surface area contributed by atoms with Crippen molar-refractivity contribution in [1.29, 1.82) is 0 Å². The van der Waals surface area contributed by atoms with E-state index < -0.39 is 12.1 Å². The molecule has 39 heavy (non-hydrogen) atoms. The van der Waals surface area contributed by atoms with Gasteiger partial charge < -0.3 is 29.3 Å². The monoisotopic (exact) mass is 531 g/mol. The van der Waals surface area contributed by atoms with Gasteiger partial charge in [0.15, 0.2) is 5.82 Å². The number of amides is 2. The zero-order valence-corrected chi connectivity index (χ0v) is 22.0. The number of pyridine rings is 2. The first-order valence-electron chi connectivity index (χ1n) is 12.7. The van der Waals surface area contributed by atoms with Gasteiger partial charge >= 0.3 is 12.1 Å². The summed E-state index contributed by atoms with van der Waals surface area (Å²) >= 11 is 0. The van der Waals surface area contributed by atoms with Crippen LogP contribution >= 0.6 is 0 Å². The summed E-state index contributed by atoms with van der Waals surface area (Å²) in [6, 6.07) is 8.67. The second-order valence-electron chi connectivity index (χ2n) is 9.28. The molecule has 4 heterocycles. The number of carboxylic acid groups (broad SMARTS) is 1. The Balaban J connectivity index is 1.36. The zero-order chi connectivity index (χ0) is 27.7. The first-order valence-corrected chi connectivity index (χ1v) is 12.7. The Hall–Kier alpha value is -4.67. The highest BCUT2D eigenvalue weighted by atomic mass is 16.5. The van der Waals surface area contributed by atoms with Crippen molar-refractivity contribution >= 4 is 35.3 Å². The number of aromatic nitrogens is 2. The fraction of sp³-hybridized carbons (Fsp3) is 0.321. The fourth-order valence-corrected chi connectivity index (χ4v) is 5.10. The van der Waals surface area contributed by atoms with Gasteiger partial charge in [0.05, 0.1) is 37.1 Å². The molecule has 0 spiro atoms. The Morgan fingerprint density at radius 3 is 2.69 bits per heavy atom. The van der Waals surface area contributed by atoms with E-state index in [0.29, 0.717) is 66.7 Å². The molecule has 0 saturated heterocycles. The van der Waals surface area contributed by atoms with Crippen molar-refractivity contribution < 1.29 is 29.0 Å². The number of aromatic carboxylic acids is 1. The van der Waals surface area contributed by atoms with E-state index in [-0.39, 0.29) is 18.0 Å². The Labute approximate surface area is 225 Å². The van der Waals surface area contributed by atoms with Gasteiger partial charge in [-0.15, -0.1) is 0 Å². The molecule has 11 nitrogen and oxygen atoms in total. The van der Waals surface area contributed by atoms with Crippen LogP contribution in [0.25, 0.3) is 0 Å². The number of benzene rings is 1. The number of carboxylic acids is 1. The molecule has 3 aromatic rings. The van der Waals surface area contributed by atoms with Crippen molar-refractivity contribution in [3.05, 3.63) is 70.5 Å². The van der Waals surface area contributed by atoms with Gasteiger partial charge in [-0.1, -0.05) is 0 Å². The van der Waals surface area contributed by atoms with Gasteiger partial charge in [-0.3, -0.25) is 4.79 Å². The summed E-state index contributed by atoms with van der Waals surface area (Å²) in [5.41, 5.74) is 3.49. The summed E-state index contributed by atoms with van der Waals surface area (Å²) in [5.74, 6) is 0.591. The van der Waals surface area contributed by atoms with Crippen LogP contribution in [-0.2, 0) is 24.1 Å². The molecule has 2 amide bonds. The van der Waals surface area contributed by atoms with Crippen LogP contribution in [0.5, 0.6) is 5.75 Å². The predicted molar refractivity (Wildman–Crippen MR) is 143 cm³/mol. The van der Waals surface area contributed by atoms with Crippen LogP contribution < -0.4 is 14.5 Å². The molecular formula is C28H29N5O6. The molecule has 11 heteroatoms. The molecule has 0 aliphatic carbocycles. The third-order valence-electron chi connectivity index (χ3n) is 7.09. The van der Waals surface area contributed by atoms with E-state index in [4.69, 9.17) is 9.47 Å². The van der Waals surface area contributed by atoms with Gasteiger partial charge in [0.2, 0.25) is 0 Å². The lowest BCUT2D eigenvalue weighted by atomic mass is 9.94. The summed E-state index contributed by atoms with van der Waals surface area (Å²) < 4.78 is 10.9. The van der Waals surface area contributed by atoms with Gasteiger partial charge in [0.1, 0.15) is 11.6 Å². The minimum Gasteiger partial charge on any atom is -0.493 e. The molecule has 0 unspecified atom stereocenters. The van der Waals surface area contributed by atoms with E-state index in [1.165, 1.54) is 18.1 Å². The van der Waals surface area contributed by atoms with Crippen LogP contribution in [-0.4, -0.2) is 71.8 Å². The molecule has 1 N–H and O–H groups in total. The minimum absolute atomic E-state index is 0.135. The van der Waals surface area contributed by atoms with Crippen molar-refractivity contribution in [2.24, 2.45) is 0 Å². The van der Waals surface area contributed by atoms with E-state index in [0.717, 1.165) is 11.1 Å². The molecule has 2 aromatic heterocycles. The van der Waals surface area contributed by atoms with Crippen molar-refractivity contribution in [3.8, 4) is 5.75 Å². The van der Waals surface area contributed by atoms with E-state index in [1.807, 2.05) is 24.0 Å². The third kappa shape index (κ3) is 4.71. The summed E-state index contributed by atoms with van der Waals surface area (Å²) in [4.78, 5) is 51.3. The van der Waals surface area contributed by atoms with E-state index in [1.54, 1.807) is 36.5 Å². The SMILES string of the molecule is CCN1c2ncc(CCOc3ccc(C(=O)O)c4c3CCN(C(=O)OC)C4)cc2C(=O)N(C)c2cccnc21. The average Bonchev–Trinajstić information content (AvgIpc) is 3.04. The van der Waals surface area contributed by atoms with Crippen LogP contribution in [0.15, 0.2) is 42.7 Å². The molecule has 0 atom stereocenters. The summed E-state index contributed by atoms with van der Waals surface area (Å²) in [5, 5.41) is 9.67. The molecule has 0 bridgehead atoms. The van der Waals surface area contributed by atoms with Crippen LogP contribution in [0.4, 0.5) is 22.1 Å². The number of hydrogen-bond donors (Lipinski definition) is 1. The van der Waals surface area contributed by atoms with Gasteiger partial charge in [-0.2, -0.15) is 0 Å². The normalized spacial score (nSPS) is 14.2. The topological polar surface area (TPSA) is 125 Å². The first-order chi connectivity index (χ1) is 18.8. The van der Waals surface area contributed by atoms with Crippen LogP contribution in [0.3, 0.4) is 0 Å². The molecule has 1 aromatic carbocycles. The van der Waals surface area contributed by atoms with E-state index >= 15 is 0 Å². The van der Waals surface area contributed by atoms with E-state index in [9.17, 15) is 19.5 Å². The molecule has 2 aliphatic heterocycles. The quantitative estimate of drug-likeness (QED) is 0.507. The molecule has 5 rings (SSSR count). The van der Waals surface area contributed by atoms with Gasteiger partial charge in [0.25, 0.3) is 5.91 Å². The largest absolute Gasteiger partial charge is 0.493 e. The van der Waals surface area contributed by atoms with Crippen molar-refractivity contribution in [3.63, 3.8) is 0 Å². The number of fused-ring (bicyclic) bond motifs is 3. The zero-order valence-electron chi connectivity index (χ0n) is 22.0. The molecule has 202 valence electrons. The van der Waals surface area contributed by atoms with Crippen molar-refractivity contribution in [1.82, 2.24) is 14.9 Å². The summed E-state index contributed by atoms with van der Waals surface area (Å²) in [6.45, 7) is 3.41. The van der Waals surface area contributed by atoms with Gasteiger partial charge in [0, 0.05) is 44.5 Å². The van der Waals surface area contributed by atoms with Crippen molar-refractivity contribution in [2.75, 3.05) is 43.7 Å². The first kappa shape index (κ1) is 26.0. The number of carbonyl (C=O) groups is 3. The summed E-state index contributed by atoms with van der Waals surface area (Å²) in [6.07, 6.45) is 3.87. The Morgan fingerprint density at radius 1 is 1.13 bits per heavy atom. The average molecular weight is 532 g/mol. The molecular weight excluding hydrogens is 502 g/mol. The molecule has 0 fully saturated rings. The maximum absolute atomic E-state index is 13.4. The lowest BCUT2D eigenvalue weighted by Gasteiger charge is -2.30. The minimum atomic E-state index is -1.06. The molecule has 0 saturated carbocycles. The number of anilines is 3. The lowest BCUT2D eigenvalue weighted by molar-refractivity contribution is 0.0691. The Kier molecular flexibility index (Phi) is 7.05. The van der Waals surface area contributed by atoms with Crippen LogP contribution in [0.2, 0.25) is 0 Å². The maximum atomic E-state index is 13.4. The second kappa shape index (κ2) is 10.6. The number of methoxy groups -OCH3 is 1. The number of hydrogen-bond acceptors (Lipinski definition) is 8. The Morgan fingerprint density at radius 2 is 1.95 bits per heavy atom. The number of ether oxygens (including phenoxy) is 2. The summed E-state index contributed by atoms with van der Waals surface area (Å²) in [7, 11) is 3.03. The smallest absolute Gasteiger partial charge is 0.409 e. The van der Waals surface area contributed by atoms with Crippen molar-refractivity contribution in [2.45, 2.75) is 26.3 Å². The van der Waals surface area contributed by atoms with Gasteiger partial charge in [-0.25, -0.2) is 19.6 Å². The molecule has 0 radical (unpaired) electrons. The highest BCUT2D eigenvalue weighted by Gasteiger charge is 2.31. The standard InChI is InChI=1S/C28H29N5O6/c1-4-33-24-20(26(34)31(2)22-6-5-11-29-25(22)33)14-17(15-30-24)10-13-39-23-8-7-19(27(35)36)21-16-32(28(37)38-3)12-9-18(21)23/h5-8,11,14-15H,4,9-10,12-13,16H2,1-3H3,(H,35,36). The van der Waals surface area contributed by atoms with Gasteiger partial charge in [-0.05, 0) is 54.8 Å². The maximum Gasteiger partial charge on any atom is 0.409 e. The fourth-order valence-electron chi connectivity index (χ4n) is 5.10. The number of nitrogens with zero attached hydrogens (tertiary/aromatic N) is 5. The second-order valence-corrected chi connectivity index (χ2v) is 9.28. The van der Waals surface area contributed by atoms with Crippen LogP contribution in [0.1, 0.15) is 44.3 Å². The third-order valence-corrected chi connectivity index (χ3v) is 7.09. The highest BCUT2D eigenvalue weighted by molar-refractivity contribution is 6.12. The van der Waals surface area contributed by atoms with E-state index in [2.05, 4.69) is 9.97 Å². The predicted octanol–water partition coefficient (Wildman–Crippen LogP) is 3.67. The van der Waals surface area contributed by atoms with Crippen LogP contribution in [0, 0.1) is 0 Å². The number of rotatable bonds is 6. The lowest BCUT2D eigenvalue weighted by Crippen LogP contribution is -2.36. The Bertz CT molecular complexity index is 1460. The molecule has 2 aliphatic rings. The highest BCUT2D eigenvalue weighted by Crippen LogP contribution is 2.37. The number of carbonyl (C=O) groups excluding carboxylic acids is 2.